The van der Waals surface area contributed by atoms with E-state index in [1.54, 1.807) is 0 Å². The van der Waals surface area contributed by atoms with Crippen LogP contribution in [0.3, 0.4) is 0 Å². The molecule has 3 nitrogen and oxygen atoms in total. The van der Waals surface area contributed by atoms with E-state index in [1.165, 1.54) is 0 Å². The fourth-order valence-corrected chi connectivity index (χ4v) is 1.69. The number of benzene rings is 2. The summed E-state index contributed by atoms with van der Waals surface area (Å²) in [5, 5.41) is 3.29. The first-order valence-electron chi connectivity index (χ1n) is 6.14. The van der Waals surface area contributed by atoms with Crippen molar-refractivity contribution in [2.75, 3.05) is 12.1 Å². The van der Waals surface area contributed by atoms with Gasteiger partial charge < -0.3 is 14.8 Å². The fraction of sp³-hybridized carbons (Fsp3) is 0.200. The summed E-state index contributed by atoms with van der Waals surface area (Å²) in [6.07, 6.45) is 0. The van der Waals surface area contributed by atoms with Gasteiger partial charge in [0.05, 0.1) is 11.4 Å². The van der Waals surface area contributed by atoms with Crippen LogP contribution < -0.4 is 14.8 Å². The van der Waals surface area contributed by atoms with Crippen molar-refractivity contribution >= 4 is 11.4 Å². The summed E-state index contributed by atoms with van der Waals surface area (Å²) < 4.78 is 11.0. The zero-order valence-corrected chi connectivity index (χ0v) is 10.6. The highest BCUT2D eigenvalue weighted by Crippen LogP contribution is 2.34. The van der Waals surface area contributed by atoms with Crippen molar-refractivity contribution in [1.29, 1.82) is 0 Å². The highest BCUT2D eigenvalue weighted by Gasteiger charge is 2.10. The second-order valence-corrected chi connectivity index (χ2v) is 3.52. The predicted molar refractivity (Wildman–Crippen MR) is 73.6 cm³/mol. The largest absolute Gasteiger partial charge is 0.455 e. The Morgan fingerprint density at radius 1 is 0.778 bits per heavy atom. The first-order valence-corrected chi connectivity index (χ1v) is 6.14. The van der Waals surface area contributed by atoms with Crippen molar-refractivity contribution in [2.24, 2.45) is 0 Å². The van der Waals surface area contributed by atoms with Crippen LogP contribution in [0.4, 0.5) is 11.4 Å². The molecule has 0 atom stereocenters. The van der Waals surface area contributed by atoms with E-state index >= 15 is 0 Å². The van der Waals surface area contributed by atoms with Crippen LogP contribution in [0.1, 0.15) is 13.8 Å². The van der Waals surface area contributed by atoms with Gasteiger partial charge in [0.2, 0.25) is 6.79 Å². The third kappa shape index (κ3) is 2.56. The molecule has 1 N–H and O–H groups in total. The van der Waals surface area contributed by atoms with E-state index in [1.807, 2.05) is 62.4 Å². The van der Waals surface area contributed by atoms with E-state index in [4.69, 9.17) is 9.47 Å². The Morgan fingerprint density at radius 2 is 1.22 bits per heavy atom. The van der Waals surface area contributed by atoms with Crippen molar-refractivity contribution in [1.82, 2.24) is 0 Å². The van der Waals surface area contributed by atoms with Gasteiger partial charge in [0.25, 0.3) is 0 Å². The van der Waals surface area contributed by atoms with Gasteiger partial charge in [-0.1, -0.05) is 38.1 Å². The molecule has 0 fully saturated rings. The van der Waals surface area contributed by atoms with Gasteiger partial charge in [0, 0.05) is 0 Å². The minimum Gasteiger partial charge on any atom is -0.455 e. The summed E-state index contributed by atoms with van der Waals surface area (Å²) in [5.74, 6) is 1.61. The first-order chi connectivity index (χ1) is 8.93. The molecule has 0 aromatic heterocycles. The molecule has 94 valence electrons. The number of ether oxygens (including phenoxy) is 2. The molecule has 3 heteroatoms. The summed E-state index contributed by atoms with van der Waals surface area (Å²) in [7, 11) is 0. The van der Waals surface area contributed by atoms with E-state index in [9.17, 15) is 0 Å². The average molecular weight is 243 g/mol. The van der Waals surface area contributed by atoms with E-state index in [2.05, 4.69) is 5.32 Å². The minimum atomic E-state index is 0.232. The Morgan fingerprint density at radius 3 is 1.72 bits per heavy atom. The van der Waals surface area contributed by atoms with Crippen LogP contribution >= 0.6 is 0 Å². The van der Waals surface area contributed by atoms with E-state index in [-0.39, 0.29) is 6.79 Å². The number of para-hydroxylation sites is 4. The second kappa shape index (κ2) is 5.96. The third-order valence-electron chi connectivity index (χ3n) is 2.47. The normalized spacial score (nSPS) is 11.9. The molecule has 2 aromatic rings. The van der Waals surface area contributed by atoms with Gasteiger partial charge in [0.1, 0.15) is 11.5 Å². The van der Waals surface area contributed by atoms with Crippen LogP contribution in [-0.2, 0) is 0 Å². The molecule has 0 saturated heterocycles. The smallest absolute Gasteiger partial charge is 0.231 e. The number of fused-ring (bicyclic) bond motifs is 2. The van der Waals surface area contributed by atoms with Gasteiger partial charge in [-0.05, 0) is 24.3 Å². The molecule has 0 saturated carbocycles. The third-order valence-corrected chi connectivity index (χ3v) is 2.47. The molecule has 0 unspecified atom stereocenters. The molecule has 0 radical (unpaired) electrons. The van der Waals surface area contributed by atoms with Crippen LogP contribution in [0.15, 0.2) is 48.5 Å². The Balaban J connectivity index is 0.000000574. The molecule has 0 bridgehead atoms. The molecular formula is C15H17NO2. The highest BCUT2D eigenvalue weighted by atomic mass is 16.7. The Kier molecular flexibility index (Phi) is 4.07. The van der Waals surface area contributed by atoms with E-state index < -0.39 is 0 Å². The van der Waals surface area contributed by atoms with Gasteiger partial charge in [-0.25, -0.2) is 0 Å². The highest BCUT2D eigenvalue weighted by molar-refractivity contribution is 5.70. The van der Waals surface area contributed by atoms with Gasteiger partial charge in [0.15, 0.2) is 0 Å². The predicted octanol–water partition coefficient (Wildman–Crippen LogP) is 4.19. The van der Waals surface area contributed by atoms with Crippen molar-refractivity contribution in [3.63, 3.8) is 0 Å². The quantitative estimate of drug-likeness (QED) is 0.752. The monoisotopic (exact) mass is 243 g/mol. The lowest BCUT2D eigenvalue weighted by atomic mass is 10.2. The van der Waals surface area contributed by atoms with Crippen molar-refractivity contribution in [3.05, 3.63) is 48.5 Å². The van der Waals surface area contributed by atoms with Crippen molar-refractivity contribution in [3.8, 4) is 11.5 Å². The Hall–Kier alpha value is -2.16. The molecule has 3 rings (SSSR count). The van der Waals surface area contributed by atoms with E-state index in [0.717, 1.165) is 22.9 Å². The number of anilines is 2. The fourth-order valence-electron chi connectivity index (χ4n) is 1.69. The zero-order chi connectivity index (χ0) is 12.8. The van der Waals surface area contributed by atoms with Crippen LogP contribution in [0.2, 0.25) is 0 Å². The summed E-state index contributed by atoms with van der Waals surface area (Å²) in [6.45, 7) is 4.23. The SMILES string of the molecule is CC.c1ccc2c(c1)Nc1ccccc1OCO2. The van der Waals surface area contributed by atoms with Gasteiger partial charge in [-0.3, -0.25) is 0 Å². The lowest BCUT2D eigenvalue weighted by Gasteiger charge is -2.19. The average Bonchev–Trinajstić information content (AvgIpc) is 2.41. The number of hydrogen-bond acceptors (Lipinski definition) is 3. The lowest BCUT2D eigenvalue weighted by Crippen LogP contribution is -2.11. The maximum absolute atomic E-state index is 5.50. The summed E-state index contributed by atoms with van der Waals surface area (Å²) in [5.41, 5.74) is 1.91. The van der Waals surface area contributed by atoms with Crippen molar-refractivity contribution < 1.29 is 9.47 Å². The number of nitrogens with one attached hydrogen (secondary N) is 1. The summed E-state index contributed by atoms with van der Waals surface area (Å²) >= 11 is 0. The van der Waals surface area contributed by atoms with Crippen LogP contribution in [-0.4, -0.2) is 6.79 Å². The van der Waals surface area contributed by atoms with Crippen LogP contribution in [0.5, 0.6) is 11.5 Å². The van der Waals surface area contributed by atoms with Gasteiger partial charge in [-0.15, -0.1) is 0 Å². The summed E-state index contributed by atoms with van der Waals surface area (Å²) in [6, 6.07) is 15.6. The lowest BCUT2D eigenvalue weighted by molar-refractivity contribution is 0.120. The zero-order valence-electron chi connectivity index (χ0n) is 10.6. The Labute approximate surface area is 107 Å². The molecule has 1 heterocycles. The molecule has 1 aliphatic rings. The minimum absolute atomic E-state index is 0.232. The maximum atomic E-state index is 5.50. The maximum Gasteiger partial charge on any atom is 0.231 e. The molecule has 0 spiro atoms. The number of rotatable bonds is 0. The molecule has 0 aliphatic carbocycles. The second-order valence-electron chi connectivity index (χ2n) is 3.52. The standard InChI is InChI=1S/C13H11NO2.C2H6/c1-3-7-12-10(5-1)14-11-6-2-4-8-13(11)16-9-15-12;1-2/h1-8,14H,9H2;1-2H3. The van der Waals surface area contributed by atoms with E-state index in [0.29, 0.717) is 0 Å². The van der Waals surface area contributed by atoms with Gasteiger partial charge >= 0.3 is 0 Å². The van der Waals surface area contributed by atoms with Crippen molar-refractivity contribution in [2.45, 2.75) is 13.8 Å². The molecule has 2 aromatic carbocycles. The Bertz CT molecular complexity index is 466. The molecular weight excluding hydrogens is 226 g/mol. The molecule has 1 aliphatic heterocycles. The van der Waals surface area contributed by atoms with Crippen LogP contribution in [0, 0.1) is 0 Å². The van der Waals surface area contributed by atoms with Crippen LogP contribution in [0.25, 0.3) is 0 Å². The topological polar surface area (TPSA) is 30.5 Å². The first kappa shape index (κ1) is 12.3. The number of hydrogen-bond donors (Lipinski definition) is 1. The summed E-state index contributed by atoms with van der Waals surface area (Å²) in [4.78, 5) is 0. The van der Waals surface area contributed by atoms with Gasteiger partial charge in [-0.2, -0.15) is 0 Å². The molecule has 18 heavy (non-hydrogen) atoms. The molecule has 0 amide bonds.